The van der Waals surface area contributed by atoms with Crippen LogP contribution in [0.3, 0.4) is 0 Å². The fraction of sp³-hybridized carbons (Fsp3) is 0.600. The molecule has 0 atom stereocenters. The molecule has 2 aromatic heterocycles. The molecule has 4 bridgehead atoms. The highest BCUT2D eigenvalue weighted by Crippen LogP contribution is 2.55. The van der Waals surface area contributed by atoms with Crippen molar-refractivity contribution < 1.29 is 4.79 Å². The minimum absolute atomic E-state index is 0.0134. The zero-order valence-corrected chi connectivity index (χ0v) is 15.7. The molecule has 4 aliphatic carbocycles. The number of carbonyl (C=O) groups excluding carboxylic acids is 1. The molecule has 0 aromatic carbocycles. The Morgan fingerprint density at radius 2 is 1.80 bits per heavy atom. The molecule has 5 heteroatoms. The van der Waals surface area contributed by atoms with Crippen LogP contribution in [-0.4, -0.2) is 16.4 Å². The Hall–Kier alpha value is -1.62. The quantitative estimate of drug-likeness (QED) is 0.848. The lowest BCUT2D eigenvalue weighted by Crippen LogP contribution is -2.59. The van der Waals surface area contributed by atoms with Crippen LogP contribution in [0, 0.1) is 31.6 Å². The number of rotatable bonds is 2. The van der Waals surface area contributed by atoms with Gasteiger partial charge in [-0.3, -0.25) is 4.79 Å². The van der Waals surface area contributed by atoms with Crippen molar-refractivity contribution >= 4 is 33.1 Å². The van der Waals surface area contributed by atoms with Crippen molar-refractivity contribution in [2.75, 3.05) is 5.73 Å². The van der Waals surface area contributed by atoms with Crippen LogP contribution in [0.2, 0.25) is 0 Å². The van der Waals surface area contributed by atoms with E-state index in [1.165, 1.54) is 30.6 Å². The van der Waals surface area contributed by atoms with Crippen molar-refractivity contribution in [2.24, 2.45) is 17.8 Å². The van der Waals surface area contributed by atoms with Gasteiger partial charge < -0.3 is 11.1 Å². The van der Waals surface area contributed by atoms with Gasteiger partial charge in [-0.2, -0.15) is 0 Å². The number of aromatic nitrogens is 1. The number of nitrogens with zero attached hydrogens (tertiary/aromatic N) is 1. The van der Waals surface area contributed by atoms with Crippen molar-refractivity contribution in [3.8, 4) is 0 Å². The van der Waals surface area contributed by atoms with Gasteiger partial charge in [0.1, 0.15) is 9.71 Å². The monoisotopic (exact) mass is 355 g/mol. The molecule has 4 saturated carbocycles. The van der Waals surface area contributed by atoms with E-state index < -0.39 is 0 Å². The van der Waals surface area contributed by atoms with Crippen molar-refractivity contribution in [1.29, 1.82) is 0 Å². The van der Waals surface area contributed by atoms with E-state index in [0.717, 1.165) is 58.5 Å². The molecule has 4 aliphatic rings. The van der Waals surface area contributed by atoms with Crippen LogP contribution in [0.5, 0.6) is 0 Å². The Morgan fingerprint density at radius 3 is 2.40 bits per heavy atom. The van der Waals surface area contributed by atoms with E-state index in [0.29, 0.717) is 10.6 Å². The second-order valence-electron chi connectivity index (χ2n) is 8.76. The first-order chi connectivity index (χ1) is 11.9. The van der Waals surface area contributed by atoms with Crippen molar-refractivity contribution in [2.45, 2.75) is 57.9 Å². The number of nitrogen functional groups attached to an aromatic ring is 1. The Bertz CT molecular complexity index is 849. The Labute approximate surface area is 152 Å². The first kappa shape index (κ1) is 15.6. The summed E-state index contributed by atoms with van der Waals surface area (Å²) in [6.07, 6.45) is 7.61. The number of amides is 1. The van der Waals surface area contributed by atoms with Crippen molar-refractivity contribution in [1.82, 2.24) is 10.3 Å². The predicted molar refractivity (Wildman–Crippen MR) is 102 cm³/mol. The molecule has 0 saturated heterocycles. The van der Waals surface area contributed by atoms with Crippen molar-refractivity contribution in [3.05, 3.63) is 22.2 Å². The van der Waals surface area contributed by atoms with Gasteiger partial charge >= 0.3 is 0 Å². The average molecular weight is 356 g/mol. The maximum atomic E-state index is 13.1. The van der Waals surface area contributed by atoms with Crippen LogP contribution in [0.4, 0.5) is 5.69 Å². The summed E-state index contributed by atoms with van der Waals surface area (Å²) in [7, 11) is 0. The van der Waals surface area contributed by atoms with E-state index in [9.17, 15) is 4.79 Å². The first-order valence-corrected chi connectivity index (χ1v) is 10.2. The van der Waals surface area contributed by atoms with Crippen LogP contribution >= 0.6 is 11.3 Å². The minimum atomic E-state index is 0.0134. The number of hydrogen-bond acceptors (Lipinski definition) is 4. The lowest BCUT2D eigenvalue weighted by Gasteiger charge is -2.56. The van der Waals surface area contributed by atoms with Crippen LogP contribution in [0.25, 0.3) is 10.2 Å². The highest BCUT2D eigenvalue weighted by molar-refractivity contribution is 7.21. The SMILES string of the molecule is Cc1cc(C)c2c(N)c(C(=O)NC34CC5CC(CC(C5)C3)C4)sc2n1. The molecule has 132 valence electrons. The topological polar surface area (TPSA) is 68.0 Å². The zero-order chi connectivity index (χ0) is 17.3. The van der Waals surface area contributed by atoms with E-state index in [1.807, 2.05) is 19.9 Å². The van der Waals surface area contributed by atoms with Gasteiger partial charge in [-0.25, -0.2) is 4.98 Å². The van der Waals surface area contributed by atoms with Crippen LogP contribution in [0.15, 0.2) is 6.07 Å². The number of aryl methyl sites for hydroxylation is 2. The fourth-order valence-electron chi connectivity index (χ4n) is 6.20. The molecular formula is C20H25N3OS. The molecule has 25 heavy (non-hydrogen) atoms. The number of thiophene rings is 1. The number of carbonyl (C=O) groups is 1. The summed E-state index contributed by atoms with van der Waals surface area (Å²) in [5.74, 6) is 2.47. The summed E-state index contributed by atoms with van der Waals surface area (Å²) in [6.45, 7) is 4.03. The highest BCUT2D eigenvalue weighted by Gasteiger charge is 2.51. The summed E-state index contributed by atoms with van der Waals surface area (Å²) in [5, 5.41) is 4.39. The standard InChI is InChI=1S/C20H25N3OS/c1-10-3-11(2)22-19-15(10)16(21)17(25-19)18(24)23-20-7-12-4-13(8-20)6-14(5-12)9-20/h3,12-14H,4-9,21H2,1-2H3,(H,23,24). The predicted octanol–water partition coefficient (Wildman–Crippen LogP) is 4.19. The van der Waals surface area contributed by atoms with Crippen molar-refractivity contribution in [3.63, 3.8) is 0 Å². The number of pyridine rings is 1. The van der Waals surface area contributed by atoms with Gasteiger partial charge in [-0.05, 0) is 81.8 Å². The normalized spacial score (nSPS) is 33.1. The number of anilines is 1. The van der Waals surface area contributed by atoms with E-state index in [1.54, 1.807) is 0 Å². The van der Waals surface area contributed by atoms with Crippen LogP contribution in [-0.2, 0) is 0 Å². The molecule has 1 amide bonds. The molecule has 0 unspecified atom stereocenters. The maximum absolute atomic E-state index is 13.1. The van der Waals surface area contributed by atoms with Gasteiger partial charge in [0.05, 0.1) is 5.69 Å². The number of fused-ring (bicyclic) bond motifs is 1. The molecular weight excluding hydrogens is 330 g/mol. The van der Waals surface area contributed by atoms with Gasteiger partial charge in [-0.15, -0.1) is 11.3 Å². The number of nitrogens with one attached hydrogen (secondary N) is 1. The van der Waals surface area contributed by atoms with Gasteiger partial charge in [0.2, 0.25) is 0 Å². The minimum Gasteiger partial charge on any atom is -0.397 e. The van der Waals surface area contributed by atoms with Crippen LogP contribution < -0.4 is 11.1 Å². The van der Waals surface area contributed by atoms with E-state index in [4.69, 9.17) is 5.73 Å². The lowest BCUT2D eigenvalue weighted by molar-refractivity contribution is -0.0166. The smallest absolute Gasteiger partial charge is 0.264 e. The lowest BCUT2D eigenvalue weighted by atomic mass is 9.53. The molecule has 0 radical (unpaired) electrons. The van der Waals surface area contributed by atoms with E-state index in [-0.39, 0.29) is 11.4 Å². The summed E-state index contributed by atoms with van der Waals surface area (Å²) < 4.78 is 0. The molecule has 3 N–H and O–H groups in total. The third-order valence-corrected chi connectivity index (χ3v) is 7.75. The molecule has 2 heterocycles. The summed E-state index contributed by atoms with van der Waals surface area (Å²) in [5.41, 5.74) is 9.07. The van der Waals surface area contributed by atoms with Crippen LogP contribution in [0.1, 0.15) is 59.5 Å². The van der Waals surface area contributed by atoms with E-state index in [2.05, 4.69) is 10.3 Å². The highest BCUT2D eigenvalue weighted by atomic mass is 32.1. The second-order valence-corrected chi connectivity index (χ2v) is 9.76. The third-order valence-electron chi connectivity index (χ3n) is 6.65. The fourth-order valence-corrected chi connectivity index (χ4v) is 7.31. The van der Waals surface area contributed by atoms with Gasteiger partial charge in [0.25, 0.3) is 5.91 Å². The number of hydrogen-bond donors (Lipinski definition) is 2. The Kier molecular flexibility index (Phi) is 3.25. The first-order valence-electron chi connectivity index (χ1n) is 9.41. The summed E-state index contributed by atoms with van der Waals surface area (Å²) >= 11 is 1.44. The number of nitrogens with two attached hydrogens (primary N) is 1. The largest absolute Gasteiger partial charge is 0.397 e. The Morgan fingerprint density at radius 1 is 1.20 bits per heavy atom. The molecule has 4 fully saturated rings. The molecule has 0 aliphatic heterocycles. The molecule has 0 spiro atoms. The van der Waals surface area contributed by atoms with Gasteiger partial charge in [0, 0.05) is 16.6 Å². The Balaban J connectivity index is 1.48. The summed E-state index contributed by atoms with van der Waals surface area (Å²) in [4.78, 5) is 19.2. The van der Waals surface area contributed by atoms with E-state index >= 15 is 0 Å². The second kappa shape index (κ2) is 5.19. The molecule has 2 aromatic rings. The van der Waals surface area contributed by atoms with Gasteiger partial charge in [-0.1, -0.05) is 0 Å². The molecule has 6 rings (SSSR count). The van der Waals surface area contributed by atoms with Gasteiger partial charge in [0.15, 0.2) is 0 Å². The third kappa shape index (κ3) is 2.39. The summed E-state index contributed by atoms with van der Waals surface area (Å²) in [6, 6.07) is 2.03. The zero-order valence-electron chi connectivity index (χ0n) is 14.9. The average Bonchev–Trinajstić information content (AvgIpc) is 2.82. The maximum Gasteiger partial charge on any atom is 0.264 e. The molecule has 4 nitrogen and oxygen atoms in total.